The summed E-state index contributed by atoms with van der Waals surface area (Å²) in [6, 6.07) is 7.41. The zero-order chi connectivity index (χ0) is 22.1. The summed E-state index contributed by atoms with van der Waals surface area (Å²) < 4.78 is 13.9. The van der Waals surface area contributed by atoms with Crippen molar-refractivity contribution >= 4 is 11.9 Å². The van der Waals surface area contributed by atoms with Gasteiger partial charge in [-0.3, -0.25) is 19.6 Å². The highest BCUT2D eigenvalue weighted by atomic mass is 19.1. The third kappa shape index (κ3) is 7.78. The lowest BCUT2D eigenvalue weighted by Gasteiger charge is -2.33. The first-order valence-corrected chi connectivity index (χ1v) is 11.5. The lowest BCUT2D eigenvalue weighted by molar-refractivity contribution is -0.119. The minimum Gasteiger partial charge on any atom is -0.369 e. The largest absolute Gasteiger partial charge is 0.369 e. The van der Waals surface area contributed by atoms with Gasteiger partial charge in [-0.1, -0.05) is 18.2 Å². The van der Waals surface area contributed by atoms with Crippen molar-refractivity contribution in [2.75, 3.05) is 45.8 Å². The van der Waals surface area contributed by atoms with Crippen LogP contribution in [-0.4, -0.2) is 73.5 Å². The SMILES string of the molecule is CCNC(=NCC1CCN(Cc2ccccc2F)CC1)NC1CCN(CC(N)=O)CC1. The van der Waals surface area contributed by atoms with Crippen molar-refractivity contribution in [1.29, 1.82) is 0 Å². The number of nitrogens with one attached hydrogen (secondary N) is 2. The summed E-state index contributed by atoms with van der Waals surface area (Å²) in [6.45, 7) is 8.46. The first-order valence-electron chi connectivity index (χ1n) is 11.5. The fraction of sp³-hybridized carbons (Fsp3) is 0.652. The van der Waals surface area contributed by atoms with E-state index >= 15 is 0 Å². The standard InChI is InChI=1S/C23H37FN6O/c1-2-26-23(28-20-9-13-30(14-10-20)17-22(25)31)27-15-18-7-11-29(12-8-18)16-19-5-3-4-6-21(19)24/h3-6,18,20H,2,7-17H2,1H3,(H2,25,31)(H2,26,27,28). The predicted molar refractivity (Wildman–Crippen MR) is 122 cm³/mol. The molecule has 0 unspecified atom stereocenters. The van der Waals surface area contributed by atoms with Crippen molar-refractivity contribution < 1.29 is 9.18 Å². The number of carbonyl (C=O) groups is 1. The van der Waals surface area contributed by atoms with E-state index in [1.54, 1.807) is 6.07 Å². The van der Waals surface area contributed by atoms with Crippen LogP contribution in [0.2, 0.25) is 0 Å². The number of aliphatic imine (C=N–C) groups is 1. The van der Waals surface area contributed by atoms with Gasteiger partial charge in [0.1, 0.15) is 5.82 Å². The molecule has 0 saturated carbocycles. The lowest BCUT2D eigenvalue weighted by atomic mass is 9.96. The summed E-state index contributed by atoms with van der Waals surface area (Å²) in [5, 5.41) is 6.92. The number of halogens is 1. The molecule has 4 N–H and O–H groups in total. The van der Waals surface area contributed by atoms with Gasteiger partial charge in [0.2, 0.25) is 5.91 Å². The van der Waals surface area contributed by atoms with Crippen LogP contribution in [0.15, 0.2) is 29.3 Å². The molecule has 3 rings (SSSR count). The van der Waals surface area contributed by atoms with E-state index in [0.29, 0.717) is 25.0 Å². The molecule has 0 spiro atoms. The Morgan fingerprint density at radius 3 is 2.45 bits per heavy atom. The first-order chi connectivity index (χ1) is 15.0. The van der Waals surface area contributed by atoms with E-state index in [1.807, 2.05) is 12.1 Å². The molecular weight excluding hydrogens is 395 g/mol. The lowest BCUT2D eigenvalue weighted by Crippen LogP contribution is -2.50. The average Bonchev–Trinajstić information content (AvgIpc) is 2.76. The van der Waals surface area contributed by atoms with Crippen LogP contribution in [-0.2, 0) is 11.3 Å². The van der Waals surface area contributed by atoms with Gasteiger partial charge in [0.15, 0.2) is 5.96 Å². The number of amides is 1. The first kappa shape index (κ1) is 23.5. The number of rotatable bonds is 8. The van der Waals surface area contributed by atoms with Gasteiger partial charge in [0.25, 0.3) is 0 Å². The summed E-state index contributed by atoms with van der Waals surface area (Å²) in [6.07, 6.45) is 4.13. The maximum Gasteiger partial charge on any atom is 0.231 e. The number of carbonyl (C=O) groups excluding carboxylic acids is 1. The molecule has 31 heavy (non-hydrogen) atoms. The molecule has 1 aromatic carbocycles. The molecule has 2 saturated heterocycles. The van der Waals surface area contributed by atoms with Gasteiger partial charge in [-0.05, 0) is 57.7 Å². The summed E-state index contributed by atoms with van der Waals surface area (Å²) in [7, 11) is 0. The monoisotopic (exact) mass is 432 g/mol. The molecule has 0 atom stereocenters. The average molecular weight is 433 g/mol. The minimum absolute atomic E-state index is 0.115. The fourth-order valence-corrected chi connectivity index (χ4v) is 4.38. The number of piperidine rings is 2. The number of nitrogens with zero attached hydrogens (tertiary/aromatic N) is 3. The molecule has 7 nitrogen and oxygen atoms in total. The minimum atomic E-state index is -0.263. The van der Waals surface area contributed by atoms with E-state index in [9.17, 15) is 9.18 Å². The highest BCUT2D eigenvalue weighted by Gasteiger charge is 2.22. The van der Waals surface area contributed by atoms with E-state index in [0.717, 1.165) is 76.5 Å². The van der Waals surface area contributed by atoms with Crippen molar-refractivity contribution in [2.24, 2.45) is 16.6 Å². The number of nitrogens with two attached hydrogens (primary N) is 1. The van der Waals surface area contributed by atoms with Crippen LogP contribution in [0.25, 0.3) is 0 Å². The van der Waals surface area contributed by atoms with Gasteiger partial charge >= 0.3 is 0 Å². The maximum atomic E-state index is 13.9. The Hall–Kier alpha value is -2.19. The van der Waals surface area contributed by atoms with Gasteiger partial charge < -0.3 is 16.4 Å². The van der Waals surface area contributed by atoms with E-state index in [-0.39, 0.29) is 11.7 Å². The Morgan fingerprint density at radius 1 is 1.13 bits per heavy atom. The third-order valence-corrected chi connectivity index (χ3v) is 6.22. The topological polar surface area (TPSA) is 86.0 Å². The van der Waals surface area contributed by atoms with E-state index in [4.69, 9.17) is 10.7 Å². The van der Waals surface area contributed by atoms with Crippen LogP contribution in [0.4, 0.5) is 4.39 Å². The molecule has 2 fully saturated rings. The Labute approximate surface area is 185 Å². The summed E-state index contributed by atoms with van der Waals surface area (Å²) in [4.78, 5) is 20.4. The van der Waals surface area contributed by atoms with Crippen molar-refractivity contribution in [3.8, 4) is 0 Å². The smallest absolute Gasteiger partial charge is 0.231 e. The molecule has 1 amide bonds. The zero-order valence-electron chi connectivity index (χ0n) is 18.7. The second-order valence-electron chi connectivity index (χ2n) is 8.69. The number of benzene rings is 1. The van der Waals surface area contributed by atoms with Crippen molar-refractivity contribution in [3.63, 3.8) is 0 Å². The number of guanidine groups is 1. The fourth-order valence-electron chi connectivity index (χ4n) is 4.38. The van der Waals surface area contributed by atoms with Crippen LogP contribution in [0.5, 0.6) is 0 Å². The number of hydrogen-bond acceptors (Lipinski definition) is 4. The predicted octanol–water partition coefficient (Wildman–Crippen LogP) is 1.54. The van der Waals surface area contributed by atoms with Crippen LogP contribution in [0.3, 0.4) is 0 Å². The molecule has 0 aromatic heterocycles. The summed E-state index contributed by atoms with van der Waals surface area (Å²) >= 11 is 0. The van der Waals surface area contributed by atoms with Crippen LogP contribution < -0.4 is 16.4 Å². The number of hydrogen-bond donors (Lipinski definition) is 3. The molecular formula is C23H37FN6O. The van der Waals surface area contributed by atoms with Gasteiger partial charge in [-0.15, -0.1) is 0 Å². The Balaban J connectivity index is 1.41. The van der Waals surface area contributed by atoms with Crippen molar-refractivity contribution in [3.05, 3.63) is 35.6 Å². The Bertz CT molecular complexity index is 727. The van der Waals surface area contributed by atoms with Crippen LogP contribution >= 0.6 is 0 Å². The second kappa shape index (κ2) is 12.0. The van der Waals surface area contributed by atoms with Crippen molar-refractivity contribution in [2.45, 2.75) is 45.2 Å². The maximum absolute atomic E-state index is 13.9. The van der Waals surface area contributed by atoms with Crippen molar-refractivity contribution in [1.82, 2.24) is 20.4 Å². The van der Waals surface area contributed by atoms with E-state index < -0.39 is 0 Å². The van der Waals surface area contributed by atoms with Gasteiger partial charge in [-0.2, -0.15) is 0 Å². The molecule has 1 aromatic rings. The summed E-state index contributed by atoms with van der Waals surface area (Å²) in [5.41, 5.74) is 6.07. The summed E-state index contributed by atoms with van der Waals surface area (Å²) in [5.74, 6) is 1.06. The van der Waals surface area contributed by atoms with Crippen LogP contribution in [0, 0.1) is 11.7 Å². The molecule has 2 aliphatic rings. The molecule has 0 bridgehead atoms. The molecule has 172 valence electrons. The van der Waals surface area contributed by atoms with Crippen LogP contribution in [0.1, 0.15) is 38.2 Å². The molecule has 2 heterocycles. The normalized spacial score (nSPS) is 20.0. The number of likely N-dealkylation sites (tertiary alicyclic amines) is 2. The molecule has 0 radical (unpaired) electrons. The highest BCUT2D eigenvalue weighted by Crippen LogP contribution is 2.20. The second-order valence-corrected chi connectivity index (χ2v) is 8.69. The Morgan fingerprint density at radius 2 is 1.81 bits per heavy atom. The quantitative estimate of drug-likeness (QED) is 0.429. The number of primary amides is 1. The van der Waals surface area contributed by atoms with Gasteiger partial charge in [0.05, 0.1) is 6.54 Å². The third-order valence-electron chi connectivity index (χ3n) is 6.22. The van der Waals surface area contributed by atoms with Gasteiger partial charge in [-0.25, -0.2) is 4.39 Å². The molecule has 8 heteroatoms. The molecule has 2 aliphatic heterocycles. The highest BCUT2D eigenvalue weighted by molar-refractivity contribution is 5.80. The Kier molecular flexibility index (Phi) is 9.09. The molecule has 0 aliphatic carbocycles. The van der Waals surface area contributed by atoms with E-state index in [1.165, 1.54) is 6.07 Å². The zero-order valence-corrected chi connectivity index (χ0v) is 18.7. The van der Waals surface area contributed by atoms with E-state index in [2.05, 4.69) is 27.4 Å². The van der Waals surface area contributed by atoms with Gasteiger partial charge in [0, 0.05) is 44.3 Å².